The van der Waals surface area contributed by atoms with Gasteiger partial charge in [-0.2, -0.15) is 0 Å². The van der Waals surface area contributed by atoms with Gasteiger partial charge in [-0.3, -0.25) is 0 Å². The summed E-state index contributed by atoms with van der Waals surface area (Å²) in [6.07, 6.45) is -0.491. The monoisotopic (exact) mass is 472 g/mol. The number of carbonyl (C=O) groups excluding carboxylic acids is 2. The summed E-state index contributed by atoms with van der Waals surface area (Å²) in [5, 5.41) is 3.71. The number of carbonyl (C=O) groups is 2. The van der Waals surface area contributed by atoms with Crippen molar-refractivity contribution in [3.05, 3.63) is 33.8 Å². The van der Waals surface area contributed by atoms with Gasteiger partial charge in [-0.25, -0.2) is 19.6 Å². The van der Waals surface area contributed by atoms with Gasteiger partial charge in [-0.1, -0.05) is 23.2 Å². The minimum absolute atomic E-state index is 0.0423. The fraction of sp³-hybridized carbons (Fsp3) is 0.368. The molecule has 0 unspecified atom stereocenters. The highest BCUT2D eigenvalue weighted by atomic mass is 35.5. The average molecular weight is 473 g/mol. The highest BCUT2D eigenvalue weighted by Crippen LogP contribution is 2.34. The molecule has 0 bridgehead atoms. The summed E-state index contributed by atoms with van der Waals surface area (Å²) in [6.45, 7) is 5.74. The molecule has 0 aliphatic carbocycles. The minimum Gasteiger partial charge on any atom is -0.465 e. The molecule has 0 spiro atoms. The molecule has 2 rings (SSSR count). The predicted molar refractivity (Wildman–Crippen MR) is 118 cm³/mol. The maximum atomic E-state index is 11.9. The Labute approximate surface area is 188 Å². The lowest BCUT2D eigenvalue weighted by Crippen LogP contribution is -2.33. The number of rotatable bonds is 6. The second-order valence-electron chi connectivity index (χ2n) is 7.03. The molecule has 0 saturated carbocycles. The summed E-state index contributed by atoms with van der Waals surface area (Å²) < 4.78 is 9.92. The number of nitrogens with zero attached hydrogens (tertiary/aromatic N) is 2. The van der Waals surface area contributed by atoms with Crippen LogP contribution in [0.15, 0.2) is 23.2 Å². The molecule has 30 heavy (non-hydrogen) atoms. The first-order valence-electron chi connectivity index (χ1n) is 8.82. The van der Waals surface area contributed by atoms with Gasteiger partial charge < -0.3 is 20.5 Å². The zero-order valence-electron chi connectivity index (χ0n) is 16.9. The van der Waals surface area contributed by atoms with Crippen molar-refractivity contribution in [3.8, 4) is 11.3 Å². The molecule has 8 nitrogen and oxygen atoms in total. The van der Waals surface area contributed by atoms with Crippen molar-refractivity contribution in [2.24, 2.45) is 0 Å². The van der Waals surface area contributed by atoms with E-state index < -0.39 is 17.7 Å². The van der Waals surface area contributed by atoms with Gasteiger partial charge in [0.15, 0.2) is 0 Å². The largest absolute Gasteiger partial charge is 0.465 e. The molecular formula is C19H22Cl2N4O4S. The number of amides is 1. The van der Waals surface area contributed by atoms with Gasteiger partial charge >= 0.3 is 12.1 Å². The Bertz CT molecular complexity index is 951. The van der Waals surface area contributed by atoms with Crippen LogP contribution < -0.4 is 11.1 Å². The fourth-order valence-electron chi connectivity index (χ4n) is 2.29. The molecule has 0 aliphatic rings. The number of methoxy groups -OCH3 is 1. The van der Waals surface area contributed by atoms with Gasteiger partial charge in [0.2, 0.25) is 5.95 Å². The molecular weight excluding hydrogens is 451 g/mol. The van der Waals surface area contributed by atoms with E-state index in [0.29, 0.717) is 33.6 Å². The molecule has 0 saturated heterocycles. The third-order valence-corrected chi connectivity index (χ3v) is 5.02. The number of nitrogens with one attached hydrogen (secondary N) is 1. The van der Waals surface area contributed by atoms with E-state index >= 15 is 0 Å². The number of nitrogens with two attached hydrogens (primary N) is 1. The number of aromatic nitrogens is 2. The zero-order chi connectivity index (χ0) is 22.5. The van der Waals surface area contributed by atoms with Crippen molar-refractivity contribution >= 4 is 53.0 Å². The zero-order valence-corrected chi connectivity index (χ0v) is 19.2. The number of thioether (sulfide) groups is 1. The van der Waals surface area contributed by atoms with Crippen molar-refractivity contribution in [3.63, 3.8) is 0 Å². The van der Waals surface area contributed by atoms with Gasteiger partial charge in [0, 0.05) is 17.9 Å². The molecule has 2 aromatic rings. The van der Waals surface area contributed by atoms with E-state index in [2.05, 4.69) is 15.3 Å². The molecule has 1 aromatic carbocycles. The average Bonchev–Trinajstić information content (AvgIpc) is 2.63. The fourth-order valence-corrected chi connectivity index (χ4v) is 3.61. The van der Waals surface area contributed by atoms with Crippen LogP contribution in [0.25, 0.3) is 11.3 Å². The molecule has 1 amide bonds. The molecule has 0 atom stereocenters. The normalized spacial score (nSPS) is 11.1. The van der Waals surface area contributed by atoms with E-state index in [1.165, 1.54) is 31.0 Å². The molecule has 1 heterocycles. The molecule has 11 heteroatoms. The number of anilines is 1. The molecule has 162 valence electrons. The van der Waals surface area contributed by atoms with E-state index in [0.717, 1.165) is 0 Å². The van der Waals surface area contributed by atoms with E-state index in [1.807, 2.05) is 0 Å². The van der Waals surface area contributed by atoms with Crippen LogP contribution >= 0.6 is 35.0 Å². The number of nitrogen functional groups attached to an aromatic ring is 1. The summed E-state index contributed by atoms with van der Waals surface area (Å²) in [6, 6.07) is 4.63. The van der Waals surface area contributed by atoms with Crippen LogP contribution in [0.3, 0.4) is 0 Å². The quantitative estimate of drug-likeness (QED) is 0.274. The summed E-state index contributed by atoms with van der Waals surface area (Å²) in [5.74, 6) is -0.0276. The van der Waals surface area contributed by atoms with Gasteiger partial charge in [0.25, 0.3) is 0 Å². The maximum absolute atomic E-state index is 11.9. The van der Waals surface area contributed by atoms with Crippen LogP contribution in [0.2, 0.25) is 10.0 Å². The van der Waals surface area contributed by atoms with Crippen LogP contribution in [0, 0.1) is 0 Å². The Morgan fingerprint density at radius 3 is 2.50 bits per heavy atom. The number of esters is 1. The first-order valence-corrected chi connectivity index (χ1v) is 10.6. The summed E-state index contributed by atoms with van der Waals surface area (Å²) >= 11 is 13.7. The smallest absolute Gasteiger partial charge is 0.407 e. The van der Waals surface area contributed by atoms with Crippen LogP contribution in [0.4, 0.5) is 10.7 Å². The van der Waals surface area contributed by atoms with Gasteiger partial charge in [0.1, 0.15) is 10.6 Å². The van der Waals surface area contributed by atoms with Crippen molar-refractivity contribution in [2.45, 2.75) is 31.4 Å². The number of alkyl carbamates (subject to hydrolysis) is 1. The standard InChI is InChI=1S/C19H22Cl2N4O4S/c1-19(2,3)29-18(27)23-5-6-30-15-9-14(24-17(22)25-15)10-7-11(16(26)28-4)13(21)8-12(10)20/h7-9H,5-6H2,1-4H3,(H,23,27)(H2,22,24,25). The summed E-state index contributed by atoms with van der Waals surface area (Å²) in [5.41, 5.74) is 6.32. The third kappa shape index (κ3) is 6.93. The Kier molecular flexibility index (Phi) is 8.17. The second kappa shape index (κ2) is 10.2. The van der Waals surface area contributed by atoms with Crippen LogP contribution in [0.1, 0.15) is 31.1 Å². The first-order chi connectivity index (χ1) is 14.0. The molecule has 1 aromatic heterocycles. The van der Waals surface area contributed by atoms with Crippen molar-refractivity contribution in [1.29, 1.82) is 0 Å². The third-order valence-electron chi connectivity index (χ3n) is 3.48. The van der Waals surface area contributed by atoms with Crippen molar-refractivity contribution in [2.75, 3.05) is 25.1 Å². The van der Waals surface area contributed by atoms with Crippen molar-refractivity contribution < 1.29 is 19.1 Å². The Hall–Kier alpha value is -2.23. The lowest BCUT2D eigenvalue weighted by atomic mass is 10.1. The Morgan fingerprint density at radius 2 is 1.87 bits per heavy atom. The molecule has 0 fully saturated rings. The van der Waals surface area contributed by atoms with Gasteiger partial charge in [0.05, 0.1) is 28.4 Å². The highest BCUT2D eigenvalue weighted by Gasteiger charge is 2.18. The Morgan fingerprint density at radius 1 is 1.17 bits per heavy atom. The maximum Gasteiger partial charge on any atom is 0.407 e. The van der Waals surface area contributed by atoms with E-state index in [4.69, 9.17) is 38.4 Å². The van der Waals surface area contributed by atoms with Gasteiger partial charge in [-0.15, -0.1) is 11.8 Å². The summed E-state index contributed by atoms with van der Waals surface area (Å²) in [4.78, 5) is 32.0. The van der Waals surface area contributed by atoms with Crippen LogP contribution in [0.5, 0.6) is 0 Å². The number of benzene rings is 1. The van der Waals surface area contributed by atoms with Crippen LogP contribution in [-0.4, -0.2) is 47.0 Å². The number of halogens is 2. The van der Waals surface area contributed by atoms with E-state index in [-0.39, 0.29) is 16.5 Å². The van der Waals surface area contributed by atoms with E-state index in [1.54, 1.807) is 26.8 Å². The van der Waals surface area contributed by atoms with Gasteiger partial charge in [-0.05, 0) is 39.0 Å². The molecule has 0 radical (unpaired) electrons. The molecule has 0 aliphatic heterocycles. The van der Waals surface area contributed by atoms with Crippen molar-refractivity contribution in [1.82, 2.24) is 15.3 Å². The highest BCUT2D eigenvalue weighted by molar-refractivity contribution is 7.99. The topological polar surface area (TPSA) is 116 Å². The number of ether oxygens (including phenoxy) is 2. The second-order valence-corrected chi connectivity index (χ2v) is 8.96. The first kappa shape index (κ1) is 24.0. The molecule has 3 N–H and O–H groups in total. The number of hydrogen-bond acceptors (Lipinski definition) is 8. The minimum atomic E-state index is -0.595. The predicted octanol–water partition coefficient (Wildman–Crippen LogP) is 4.44. The van der Waals surface area contributed by atoms with E-state index in [9.17, 15) is 9.59 Å². The lowest BCUT2D eigenvalue weighted by Gasteiger charge is -2.19. The Balaban J connectivity index is 2.14. The lowest BCUT2D eigenvalue weighted by molar-refractivity contribution is 0.0530. The number of hydrogen-bond donors (Lipinski definition) is 2. The summed E-state index contributed by atoms with van der Waals surface area (Å²) in [7, 11) is 1.26. The van der Waals surface area contributed by atoms with Crippen LogP contribution in [-0.2, 0) is 9.47 Å². The SMILES string of the molecule is COC(=O)c1cc(-c2cc(SCCNC(=O)OC(C)(C)C)nc(N)n2)c(Cl)cc1Cl.